The van der Waals surface area contributed by atoms with Crippen LogP contribution in [0.1, 0.15) is 20.8 Å². The molecule has 0 aliphatic heterocycles. The number of hydrogen-bond donors (Lipinski definition) is 2. The standard InChI is InChI=1S/C20H25N3O6/c1-5-28-15-8-10-19(29-6-2)17(11-15)21-13(3)20(24)22-16-9-7-14(27-4)12-18(16)23(25)26/h7-13,21H,5-6H2,1-4H3,(H,22,24)/t13-/m0/s1. The van der Waals surface area contributed by atoms with Crippen LogP contribution in [-0.4, -0.2) is 37.2 Å². The van der Waals surface area contributed by atoms with E-state index in [0.29, 0.717) is 36.1 Å². The molecule has 0 saturated heterocycles. The van der Waals surface area contributed by atoms with Crippen molar-refractivity contribution in [2.24, 2.45) is 0 Å². The molecule has 156 valence electrons. The predicted octanol–water partition coefficient (Wildman–Crippen LogP) is 3.84. The first-order chi connectivity index (χ1) is 13.9. The van der Waals surface area contributed by atoms with Gasteiger partial charge in [0.1, 0.15) is 29.0 Å². The molecular formula is C20H25N3O6. The van der Waals surface area contributed by atoms with Crippen molar-refractivity contribution in [3.8, 4) is 17.2 Å². The average molecular weight is 403 g/mol. The molecule has 0 fully saturated rings. The highest BCUT2D eigenvalue weighted by Gasteiger charge is 2.21. The quantitative estimate of drug-likeness (QED) is 0.458. The highest BCUT2D eigenvalue weighted by atomic mass is 16.6. The zero-order valence-corrected chi connectivity index (χ0v) is 16.9. The van der Waals surface area contributed by atoms with Crippen LogP contribution < -0.4 is 24.8 Å². The Labute approximate surface area is 169 Å². The topological polar surface area (TPSA) is 112 Å². The lowest BCUT2D eigenvalue weighted by atomic mass is 10.2. The SMILES string of the molecule is CCOc1ccc(OCC)c(N[C@@H](C)C(=O)Nc2ccc(OC)cc2[N+](=O)[O-])c1. The number of nitrogens with zero attached hydrogens (tertiary/aromatic N) is 1. The molecule has 9 nitrogen and oxygen atoms in total. The summed E-state index contributed by atoms with van der Waals surface area (Å²) in [5.41, 5.74) is 0.422. The summed E-state index contributed by atoms with van der Waals surface area (Å²) in [6.45, 7) is 6.35. The van der Waals surface area contributed by atoms with Crippen molar-refractivity contribution >= 4 is 23.0 Å². The molecule has 1 atom stereocenters. The summed E-state index contributed by atoms with van der Waals surface area (Å²) in [4.78, 5) is 23.4. The van der Waals surface area contributed by atoms with E-state index >= 15 is 0 Å². The summed E-state index contributed by atoms with van der Waals surface area (Å²) in [6, 6.07) is 8.82. The molecule has 0 radical (unpaired) electrons. The minimum atomic E-state index is -0.701. The Kier molecular flexibility index (Phi) is 7.64. The summed E-state index contributed by atoms with van der Waals surface area (Å²) in [6.07, 6.45) is 0. The maximum Gasteiger partial charge on any atom is 0.296 e. The lowest BCUT2D eigenvalue weighted by Gasteiger charge is -2.19. The van der Waals surface area contributed by atoms with Gasteiger partial charge in [-0.3, -0.25) is 14.9 Å². The van der Waals surface area contributed by atoms with Crippen LogP contribution >= 0.6 is 0 Å². The highest BCUT2D eigenvalue weighted by molar-refractivity contribution is 5.98. The van der Waals surface area contributed by atoms with E-state index in [0.717, 1.165) is 0 Å². The van der Waals surface area contributed by atoms with Gasteiger partial charge >= 0.3 is 0 Å². The number of nitro groups is 1. The molecule has 2 N–H and O–H groups in total. The number of hydrogen-bond acceptors (Lipinski definition) is 7. The minimum absolute atomic E-state index is 0.0857. The number of carbonyl (C=O) groups excluding carboxylic acids is 1. The molecule has 0 heterocycles. The Morgan fingerprint density at radius 3 is 2.38 bits per heavy atom. The molecule has 2 aromatic carbocycles. The molecule has 0 aliphatic carbocycles. The van der Waals surface area contributed by atoms with E-state index in [1.807, 2.05) is 13.8 Å². The van der Waals surface area contributed by atoms with Crippen molar-refractivity contribution in [2.45, 2.75) is 26.8 Å². The second-order valence-electron chi connectivity index (χ2n) is 6.02. The van der Waals surface area contributed by atoms with Gasteiger partial charge in [0, 0.05) is 6.07 Å². The Hall–Kier alpha value is -3.49. The number of nitro benzene ring substituents is 1. The van der Waals surface area contributed by atoms with E-state index in [9.17, 15) is 14.9 Å². The smallest absolute Gasteiger partial charge is 0.296 e. The van der Waals surface area contributed by atoms with E-state index in [1.165, 1.54) is 19.2 Å². The molecule has 0 unspecified atom stereocenters. The lowest BCUT2D eigenvalue weighted by Crippen LogP contribution is -2.32. The van der Waals surface area contributed by atoms with Gasteiger partial charge < -0.3 is 24.8 Å². The highest BCUT2D eigenvalue weighted by Crippen LogP contribution is 2.31. The number of carbonyl (C=O) groups is 1. The molecule has 0 spiro atoms. The molecule has 9 heteroatoms. The number of methoxy groups -OCH3 is 1. The zero-order chi connectivity index (χ0) is 21.4. The number of benzene rings is 2. The van der Waals surface area contributed by atoms with Crippen LogP contribution in [-0.2, 0) is 4.79 Å². The van der Waals surface area contributed by atoms with E-state index in [4.69, 9.17) is 14.2 Å². The average Bonchev–Trinajstić information content (AvgIpc) is 2.70. The number of amides is 1. The molecule has 2 aromatic rings. The zero-order valence-electron chi connectivity index (χ0n) is 16.9. The van der Waals surface area contributed by atoms with E-state index in [-0.39, 0.29) is 11.4 Å². The van der Waals surface area contributed by atoms with Gasteiger partial charge in [0.25, 0.3) is 5.69 Å². The Bertz CT molecular complexity index is 871. The monoisotopic (exact) mass is 403 g/mol. The third kappa shape index (κ3) is 5.74. The van der Waals surface area contributed by atoms with Gasteiger partial charge in [0.15, 0.2) is 0 Å². The normalized spacial score (nSPS) is 11.3. The van der Waals surface area contributed by atoms with Gasteiger partial charge in [-0.25, -0.2) is 0 Å². The molecule has 2 rings (SSSR count). The van der Waals surface area contributed by atoms with Gasteiger partial charge in [-0.15, -0.1) is 0 Å². The molecule has 0 saturated carbocycles. The van der Waals surface area contributed by atoms with E-state index in [2.05, 4.69) is 10.6 Å². The van der Waals surface area contributed by atoms with Crippen LogP contribution in [0.15, 0.2) is 36.4 Å². The van der Waals surface area contributed by atoms with Gasteiger partial charge in [-0.2, -0.15) is 0 Å². The first-order valence-electron chi connectivity index (χ1n) is 9.19. The molecule has 29 heavy (non-hydrogen) atoms. The van der Waals surface area contributed by atoms with Gasteiger partial charge in [0.05, 0.1) is 37.0 Å². The summed E-state index contributed by atoms with van der Waals surface area (Å²) in [7, 11) is 1.41. The van der Waals surface area contributed by atoms with Gasteiger partial charge in [-0.05, 0) is 45.0 Å². The Balaban J connectivity index is 2.19. The van der Waals surface area contributed by atoms with E-state index in [1.54, 1.807) is 31.2 Å². The Morgan fingerprint density at radius 1 is 1.07 bits per heavy atom. The first-order valence-corrected chi connectivity index (χ1v) is 9.19. The predicted molar refractivity (Wildman–Crippen MR) is 110 cm³/mol. The maximum atomic E-state index is 12.6. The van der Waals surface area contributed by atoms with Crippen LogP contribution in [0.2, 0.25) is 0 Å². The van der Waals surface area contributed by atoms with Crippen LogP contribution in [0.4, 0.5) is 17.1 Å². The summed E-state index contributed by atoms with van der Waals surface area (Å²) in [5.74, 6) is 1.10. The van der Waals surface area contributed by atoms with Crippen molar-refractivity contribution in [3.05, 3.63) is 46.5 Å². The number of ether oxygens (including phenoxy) is 3. The molecule has 0 aromatic heterocycles. The first kappa shape index (κ1) is 21.8. The lowest BCUT2D eigenvalue weighted by molar-refractivity contribution is -0.384. The molecule has 1 amide bonds. The van der Waals surface area contributed by atoms with Crippen molar-refractivity contribution in [3.63, 3.8) is 0 Å². The van der Waals surface area contributed by atoms with Crippen molar-refractivity contribution in [2.75, 3.05) is 31.0 Å². The second-order valence-corrected chi connectivity index (χ2v) is 6.02. The third-order valence-corrected chi connectivity index (χ3v) is 3.99. The van der Waals surface area contributed by atoms with Crippen molar-refractivity contribution in [1.82, 2.24) is 0 Å². The van der Waals surface area contributed by atoms with Crippen LogP contribution in [0.3, 0.4) is 0 Å². The van der Waals surface area contributed by atoms with Crippen LogP contribution in [0.25, 0.3) is 0 Å². The number of nitrogens with one attached hydrogen (secondary N) is 2. The molecular weight excluding hydrogens is 378 g/mol. The fraction of sp³-hybridized carbons (Fsp3) is 0.350. The fourth-order valence-electron chi connectivity index (χ4n) is 2.59. The summed E-state index contributed by atoms with van der Waals surface area (Å²) < 4.78 is 16.1. The third-order valence-electron chi connectivity index (χ3n) is 3.99. The largest absolute Gasteiger partial charge is 0.496 e. The van der Waals surface area contributed by atoms with Gasteiger partial charge in [-0.1, -0.05) is 0 Å². The van der Waals surface area contributed by atoms with Gasteiger partial charge in [0.2, 0.25) is 5.91 Å². The number of anilines is 2. The molecule has 0 bridgehead atoms. The fourth-order valence-corrected chi connectivity index (χ4v) is 2.59. The minimum Gasteiger partial charge on any atom is -0.496 e. The number of rotatable bonds is 10. The van der Waals surface area contributed by atoms with E-state index < -0.39 is 16.9 Å². The second kappa shape index (κ2) is 10.2. The summed E-state index contributed by atoms with van der Waals surface area (Å²) in [5, 5.41) is 17.0. The summed E-state index contributed by atoms with van der Waals surface area (Å²) >= 11 is 0. The van der Waals surface area contributed by atoms with Crippen molar-refractivity contribution in [1.29, 1.82) is 0 Å². The van der Waals surface area contributed by atoms with Crippen LogP contribution in [0.5, 0.6) is 17.2 Å². The Morgan fingerprint density at radius 2 is 1.76 bits per heavy atom. The van der Waals surface area contributed by atoms with Crippen molar-refractivity contribution < 1.29 is 23.9 Å². The maximum absolute atomic E-state index is 12.6. The van der Waals surface area contributed by atoms with Crippen LogP contribution in [0, 0.1) is 10.1 Å². The molecule has 0 aliphatic rings.